The van der Waals surface area contributed by atoms with Gasteiger partial charge in [0.1, 0.15) is 5.82 Å². The van der Waals surface area contributed by atoms with Gasteiger partial charge in [0.05, 0.1) is 5.69 Å². The third kappa shape index (κ3) is 3.25. The molecule has 3 nitrogen and oxygen atoms in total. The number of nitrogens with zero attached hydrogens (tertiary/aromatic N) is 2. The molecule has 1 aromatic carbocycles. The van der Waals surface area contributed by atoms with Crippen LogP contribution in [0.5, 0.6) is 0 Å². The molecule has 20 heavy (non-hydrogen) atoms. The Morgan fingerprint density at radius 2 is 2.00 bits per heavy atom. The molecule has 2 N–H and O–H groups in total. The van der Waals surface area contributed by atoms with Crippen molar-refractivity contribution in [2.75, 3.05) is 0 Å². The lowest BCUT2D eigenvalue weighted by molar-refractivity contribution is 0.580. The molecular formula is C16H22FN3. The summed E-state index contributed by atoms with van der Waals surface area (Å²) in [5.41, 5.74) is 10.1. The van der Waals surface area contributed by atoms with Crippen LogP contribution in [-0.2, 0) is 19.4 Å². The van der Waals surface area contributed by atoms with Crippen LogP contribution in [0.1, 0.15) is 42.4 Å². The molecule has 4 heteroatoms. The molecule has 0 fully saturated rings. The number of aryl methyl sites for hydroxylation is 3. The monoisotopic (exact) mass is 275 g/mol. The van der Waals surface area contributed by atoms with E-state index in [1.165, 1.54) is 12.1 Å². The third-order valence-corrected chi connectivity index (χ3v) is 3.50. The Hall–Kier alpha value is -1.68. The van der Waals surface area contributed by atoms with Crippen molar-refractivity contribution in [2.45, 2.75) is 46.2 Å². The van der Waals surface area contributed by atoms with Gasteiger partial charge in [-0.05, 0) is 49.6 Å². The van der Waals surface area contributed by atoms with Gasteiger partial charge in [-0.15, -0.1) is 0 Å². The van der Waals surface area contributed by atoms with Gasteiger partial charge in [0.15, 0.2) is 0 Å². The summed E-state index contributed by atoms with van der Waals surface area (Å²) in [6.45, 7) is 6.85. The maximum absolute atomic E-state index is 13.5. The average Bonchev–Trinajstić information content (AvgIpc) is 2.79. The summed E-state index contributed by atoms with van der Waals surface area (Å²) in [6.07, 6.45) is 1.58. The highest BCUT2D eigenvalue weighted by Gasteiger charge is 2.13. The predicted molar refractivity (Wildman–Crippen MR) is 79.0 cm³/mol. The van der Waals surface area contributed by atoms with Crippen LogP contribution in [0.2, 0.25) is 0 Å². The molecule has 0 amide bonds. The van der Waals surface area contributed by atoms with Gasteiger partial charge >= 0.3 is 0 Å². The molecule has 1 heterocycles. The molecule has 0 bridgehead atoms. The van der Waals surface area contributed by atoms with E-state index in [9.17, 15) is 4.39 Å². The fraction of sp³-hybridized carbons (Fsp3) is 0.438. The maximum atomic E-state index is 13.5. The second-order valence-electron chi connectivity index (χ2n) is 5.17. The molecule has 0 aliphatic carbocycles. The lowest BCUT2D eigenvalue weighted by Crippen LogP contribution is -2.16. The summed E-state index contributed by atoms with van der Waals surface area (Å²) >= 11 is 0. The average molecular weight is 275 g/mol. The van der Waals surface area contributed by atoms with E-state index in [4.69, 9.17) is 5.73 Å². The first-order valence-electron chi connectivity index (χ1n) is 7.11. The number of aromatic nitrogens is 2. The molecular weight excluding hydrogens is 253 g/mol. The Labute approximate surface area is 119 Å². The Kier molecular flexibility index (Phi) is 4.55. The van der Waals surface area contributed by atoms with Gasteiger partial charge < -0.3 is 5.73 Å². The molecule has 0 aliphatic rings. The van der Waals surface area contributed by atoms with Crippen LogP contribution >= 0.6 is 0 Å². The molecule has 1 aromatic heterocycles. The molecule has 0 radical (unpaired) electrons. The molecule has 1 atom stereocenters. The van der Waals surface area contributed by atoms with Crippen molar-refractivity contribution >= 4 is 0 Å². The first kappa shape index (κ1) is 14.7. The molecule has 1 unspecified atom stereocenters. The van der Waals surface area contributed by atoms with Crippen molar-refractivity contribution in [1.82, 2.24) is 9.78 Å². The van der Waals surface area contributed by atoms with Gasteiger partial charge in [-0.25, -0.2) is 4.39 Å². The van der Waals surface area contributed by atoms with Gasteiger partial charge in [0.25, 0.3) is 0 Å². The van der Waals surface area contributed by atoms with Crippen LogP contribution in [-0.4, -0.2) is 9.78 Å². The lowest BCUT2D eigenvalue weighted by atomic mass is 10.0. The standard InChI is InChI=1S/C16H22FN3/c1-4-14-9-15(20(5-2)19-14)10-16(18)12-6-11(3)7-13(17)8-12/h6-9,16H,4-5,10,18H2,1-3H3. The first-order valence-corrected chi connectivity index (χ1v) is 7.11. The van der Waals surface area contributed by atoms with Crippen molar-refractivity contribution in [3.63, 3.8) is 0 Å². The second-order valence-corrected chi connectivity index (χ2v) is 5.17. The lowest BCUT2D eigenvalue weighted by Gasteiger charge is -2.14. The van der Waals surface area contributed by atoms with Gasteiger partial charge in [-0.3, -0.25) is 4.68 Å². The van der Waals surface area contributed by atoms with Crippen LogP contribution in [0.25, 0.3) is 0 Å². The van der Waals surface area contributed by atoms with E-state index in [1.54, 1.807) is 0 Å². The molecule has 108 valence electrons. The van der Waals surface area contributed by atoms with Crippen LogP contribution in [0.15, 0.2) is 24.3 Å². The topological polar surface area (TPSA) is 43.8 Å². The fourth-order valence-electron chi connectivity index (χ4n) is 2.45. The van der Waals surface area contributed by atoms with Crippen LogP contribution in [0, 0.1) is 12.7 Å². The van der Waals surface area contributed by atoms with E-state index in [0.717, 1.165) is 35.5 Å². The van der Waals surface area contributed by atoms with E-state index in [2.05, 4.69) is 25.0 Å². The number of benzene rings is 1. The van der Waals surface area contributed by atoms with E-state index in [-0.39, 0.29) is 11.9 Å². The zero-order valence-corrected chi connectivity index (χ0v) is 12.4. The minimum atomic E-state index is -0.228. The van der Waals surface area contributed by atoms with Crippen molar-refractivity contribution in [2.24, 2.45) is 5.73 Å². The molecule has 2 rings (SSSR count). The second kappa shape index (κ2) is 6.18. The quantitative estimate of drug-likeness (QED) is 0.911. The van der Waals surface area contributed by atoms with Crippen LogP contribution < -0.4 is 5.73 Å². The summed E-state index contributed by atoms with van der Waals surface area (Å²) in [5, 5.41) is 4.52. The molecule has 2 aromatic rings. The molecule has 0 spiro atoms. The van der Waals surface area contributed by atoms with Gasteiger partial charge in [-0.1, -0.05) is 13.0 Å². The van der Waals surface area contributed by atoms with Gasteiger partial charge in [-0.2, -0.15) is 5.10 Å². The normalized spacial score (nSPS) is 12.7. The highest BCUT2D eigenvalue weighted by atomic mass is 19.1. The Morgan fingerprint density at radius 1 is 1.25 bits per heavy atom. The fourth-order valence-corrected chi connectivity index (χ4v) is 2.45. The highest BCUT2D eigenvalue weighted by molar-refractivity contribution is 5.27. The zero-order valence-electron chi connectivity index (χ0n) is 12.4. The summed E-state index contributed by atoms with van der Waals surface area (Å²) in [6, 6.07) is 6.86. The van der Waals surface area contributed by atoms with Gasteiger partial charge in [0, 0.05) is 24.7 Å². The number of hydrogen-bond acceptors (Lipinski definition) is 2. The van der Waals surface area contributed by atoms with Gasteiger partial charge in [0.2, 0.25) is 0 Å². The predicted octanol–water partition coefficient (Wildman–Crippen LogP) is 3.16. The highest BCUT2D eigenvalue weighted by Crippen LogP contribution is 2.19. The number of halogens is 1. The van der Waals surface area contributed by atoms with E-state index in [1.807, 2.05) is 17.7 Å². The van der Waals surface area contributed by atoms with Crippen LogP contribution in [0.4, 0.5) is 4.39 Å². The maximum Gasteiger partial charge on any atom is 0.123 e. The van der Waals surface area contributed by atoms with E-state index >= 15 is 0 Å². The molecule has 0 aliphatic heterocycles. The largest absolute Gasteiger partial charge is 0.324 e. The number of nitrogens with two attached hydrogens (primary N) is 1. The first-order chi connectivity index (χ1) is 9.53. The third-order valence-electron chi connectivity index (χ3n) is 3.50. The van der Waals surface area contributed by atoms with E-state index < -0.39 is 0 Å². The number of hydrogen-bond donors (Lipinski definition) is 1. The summed E-state index contributed by atoms with van der Waals surface area (Å²) in [7, 11) is 0. The summed E-state index contributed by atoms with van der Waals surface area (Å²) < 4.78 is 15.4. The Bertz CT molecular complexity index is 569. The molecule has 0 saturated heterocycles. The summed E-state index contributed by atoms with van der Waals surface area (Å²) in [5.74, 6) is -0.228. The van der Waals surface area contributed by atoms with E-state index in [0.29, 0.717) is 6.42 Å². The van der Waals surface area contributed by atoms with Crippen molar-refractivity contribution < 1.29 is 4.39 Å². The Balaban J connectivity index is 2.22. The minimum Gasteiger partial charge on any atom is -0.324 e. The smallest absolute Gasteiger partial charge is 0.123 e. The molecule has 0 saturated carbocycles. The van der Waals surface area contributed by atoms with Crippen molar-refractivity contribution in [3.8, 4) is 0 Å². The minimum absolute atomic E-state index is 0.212. The summed E-state index contributed by atoms with van der Waals surface area (Å²) in [4.78, 5) is 0. The van der Waals surface area contributed by atoms with Crippen molar-refractivity contribution in [3.05, 3.63) is 52.6 Å². The van der Waals surface area contributed by atoms with Crippen LogP contribution in [0.3, 0.4) is 0 Å². The Morgan fingerprint density at radius 3 is 2.60 bits per heavy atom. The van der Waals surface area contributed by atoms with Crippen molar-refractivity contribution in [1.29, 1.82) is 0 Å². The SMILES string of the molecule is CCc1cc(CC(N)c2cc(C)cc(F)c2)n(CC)n1. The zero-order chi connectivity index (χ0) is 14.7. The number of rotatable bonds is 5.